The van der Waals surface area contributed by atoms with E-state index in [1.807, 2.05) is 0 Å². The molecule has 0 saturated carbocycles. The van der Waals surface area contributed by atoms with Gasteiger partial charge in [-0.1, -0.05) is 32.0 Å². The van der Waals surface area contributed by atoms with Gasteiger partial charge in [0.05, 0.1) is 0 Å². The molecule has 1 heterocycles. The van der Waals surface area contributed by atoms with E-state index in [0.29, 0.717) is 11.7 Å². The number of rotatable bonds is 3. The van der Waals surface area contributed by atoms with Crippen LogP contribution in [0.15, 0.2) is 18.2 Å². The quantitative estimate of drug-likeness (QED) is 0.867. The van der Waals surface area contributed by atoms with E-state index in [9.17, 15) is 0 Å². The van der Waals surface area contributed by atoms with Crippen molar-refractivity contribution in [2.45, 2.75) is 34.1 Å². The minimum atomic E-state index is 0.579. The van der Waals surface area contributed by atoms with Crippen molar-refractivity contribution in [3.05, 3.63) is 35.0 Å². The van der Waals surface area contributed by atoms with Gasteiger partial charge in [0.1, 0.15) is 0 Å². The minimum Gasteiger partial charge on any atom is -0.382 e. The average Bonchev–Trinajstić information content (AvgIpc) is 2.63. The van der Waals surface area contributed by atoms with Crippen LogP contribution in [-0.2, 0) is 6.42 Å². The molecule has 0 spiro atoms. The second-order valence-corrected chi connectivity index (χ2v) is 5.36. The van der Waals surface area contributed by atoms with Crippen LogP contribution >= 0.6 is 0 Å². The maximum Gasteiger partial charge on any atom is 0.153 e. The van der Waals surface area contributed by atoms with Gasteiger partial charge in [0.15, 0.2) is 5.82 Å². The topological polar surface area (TPSA) is 54.7 Å². The van der Waals surface area contributed by atoms with Crippen LogP contribution < -0.4 is 5.73 Å². The Bertz CT molecular complexity index is 553. The molecule has 1 aromatic carbocycles. The van der Waals surface area contributed by atoms with Gasteiger partial charge in [0.2, 0.25) is 0 Å². The number of hydrogen-bond donors (Lipinski definition) is 2. The number of benzene rings is 1. The molecular weight excluding hydrogens is 222 g/mol. The Balaban J connectivity index is 2.48. The summed E-state index contributed by atoms with van der Waals surface area (Å²) in [4.78, 5) is 0. The van der Waals surface area contributed by atoms with Crippen LogP contribution in [0.25, 0.3) is 11.1 Å². The molecule has 0 radical (unpaired) electrons. The van der Waals surface area contributed by atoms with Gasteiger partial charge in [-0.2, -0.15) is 5.10 Å². The van der Waals surface area contributed by atoms with Crippen LogP contribution in [0.4, 0.5) is 5.82 Å². The highest BCUT2D eigenvalue weighted by Crippen LogP contribution is 2.30. The zero-order chi connectivity index (χ0) is 13.3. The number of anilines is 1. The number of nitrogens with two attached hydrogens (primary N) is 1. The number of nitrogens with zero attached hydrogens (tertiary/aromatic N) is 1. The normalized spacial score (nSPS) is 11.2. The van der Waals surface area contributed by atoms with Crippen LogP contribution in [-0.4, -0.2) is 10.2 Å². The third kappa shape index (κ3) is 2.40. The van der Waals surface area contributed by atoms with Gasteiger partial charge in [-0.15, -0.1) is 0 Å². The van der Waals surface area contributed by atoms with E-state index in [1.165, 1.54) is 11.1 Å². The van der Waals surface area contributed by atoms with E-state index in [2.05, 4.69) is 56.1 Å². The summed E-state index contributed by atoms with van der Waals surface area (Å²) in [6.07, 6.45) is 0.965. The molecule has 3 N–H and O–H groups in total. The predicted molar refractivity (Wildman–Crippen MR) is 76.5 cm³/mol. The zero-order valence-electron chi connectivity index (χ0n) is 11.5. The lowest BCUT2D eigenvalue weighted by molar-refractivity contribution is 0.634. The number of hydrogen-bond acceptors (Lipinski definition) is 2. The van der Waals surface area contributed by atoms with Crippen molar-refractivity contribution in [1.29, 1.82) is 0 Å². The summed E-state index contributed by atoms with van der Waals surface area (Å²) in [6.45, 7) is 8.63. The summed E-state index contributed by atoms with van der Waals surface area (Å²) in [6, 6.07) is 6.43. The molecule has 0 amide bonds. The molecule has 0 aliphatic heterocycles. The highest BCUT2D eigenvalue weighted by atomic mass is 15.2. The predicted octanol–water partition coefficient (Wildman–Crippen LogP) is 3.47. The average molecular weight is 243 g/mol. The van der Waals surface area contributed by atoms with E-state index in [1.54, 1.807) is 0 Å². The van der Waals surface area contributed by atoms with Gasteiger partial charge in [0, 0.05) is 11.3 Å². The van der Waals surface area contributed by atoms with Gasteiger partial charge >= 0.3 is 0 Å². The third-order valence-electron chi connectivity index (χ3n) is 3.28. The number of aryl methyl sites for hydroxylation is 2. The highest BCUT2D eigenvalue weighted by molar-refractivity contribution is 5.76. The molecule has 0 aliphatic rings. The standard InChI is InChI=1S/C15H21N3/c1-9(2)7-13-14(15(16)18-17-13)12-6-5-10(3)11(4)8-12/h5-6,8-9H,7H2,1-4H3,(H3,16,17,18). The molecule has 18 heavy (non-hydrogen) atoms. The Morgan fingerprint density at radius 2 is 1.94 bits per heavy atom. The summed E-state index contributed by atoms with van der Waals surface area (Å²) < 4.78 is 0. The van der Waals surface area contributed by atoms with Gasteiger partial charge < -0.3 is 5.73 Å². The van der Waals surface area contributed by atoms with Crippen molar-refractivity contribution >= 4 is 5.82 Å². The first-order valence-electron chi connectivity index (χ1n) is 6.39. The smallest absolute Gasteiger partial charge is 0.153 e. The van der Waals surface area contributed by atoms with Crippen LogP contribution in [0.1, 0.15) is 30.7 Å². The molecule has 96 valence electrons. The lowest BCUT2D eigenvalue weighted by Crippen LogP contribution is -1.97. The first kappa shape index (κ1) is 12.7. The third-order valence-corrected chi connectivity index (χ3v) is 3.28. The van der Waals surface area contributed by atoms with Crippen molar-refractivity contribution in [3.63, 3.8) is 0 Å². The SMILES string of the molecule is Cc1ccc(-c2c(N)n[nH]c2CC(C)C)cc1C. The zero-order valence-corrected chi connectivity index (χ0v) is 11.5. The Hall–Kier alpha value is -1.77. The molecule has 2 rings (SSSR count). The number of nitrogen functional groups attached to an aromatic ring is 1. The highest BCUT2D eigenvalue weighted by Gasteiger charge is 2.14. The maximum atomic E-state index is 5.99. The summed E-state index contributed by atoms with van der Waals surface area (Å²) in [7, 11) is 0. The molecule has 0 bridgehead atoms. The summed E-state index contributed by atoms with van der Waals surface area (Å²) in [5.74, 6) is 1.17. The molecule has 1 aromatic heterocycles. The summed E-state index contributed by atoms with van der Waals surface area (Å²) >= 11 is 0. The van der Waals surface area contributed by atoms with E-state index in [0.717, 1.165) is 23.2 Å². The number of H-pyrrole nitrogens is 1. The van der Waals surface area contributed by atoms with Crippen molar-refractivity contribution in [2.24, 2.45) is 5.92 Å². The van der Waals surface area contributed by atoms with E-state index in [4.69, 9.17) is 5.73 Å². The number of nitrogens with one attached hydrogen (secondary N) is 1. The molecule has 2 aromatic rings. The van der Waals surface area contributed by atoms with Crippen molar-refractivity contribution < 1.29 is 0 Å². The second kappa shape index (κ2) is 4.84. The summed E-state index contributed by atoms with van der Waals surface area (Å²) in [5.41, 5.74) is 11.9. The van der Waals surface area contributed by atoms with Crippen molar-refractivity contribution in [3.8, 4) is 11.1 Å². The second-order valence-electron chi connectivity index (χ2n) is 5.36. The van der Waals surface area contributed by atoms with E-state index < -0.39 is 0 Å². The van der Waals surface area contributed by atoms with Crippen molar-refractivity contribution in [1.82, 2.24) is 10.2 Å². The maximum absolute atomic E-state index is 5.99. The van der Waals surface area contributed by atoms with Crippen LogP contribution in [0, 0.1) is 19.8 Å². The van der Waals surface area contributed by atoms with Gasteiger partial charge in [-0.3, -0.25) is 5.10 Å². The van der Waals surface area contributed by atoms with E-state index >= 15 is 0 Å². The van der Waals surface area contributed by atoms with Gasteiger partial charge in [0.25, 0.3) is 0 Å². The minimum absolute atomic E-state index is 0.579. The first-order chi connectivity index (χ1) is 8.49. The molecule has 0 aliphatic carbocycles. The van der Waals surface area contributed by atoms with Crippen LogP contribution in [0.2, 0.25) is 0 Å². The lowest BCUT2D eigenvalue weighted by atomic mass is 9.97. The molecular formula is C15H21N3. The Morgan fingerprint density at radius 3 is 2.56 bits per heavy atom. The fourth-order valence-corrected chi connectivity index (χ4v) is 2.17. The van der Waals surface area contributed by atoms with Crippen LogP contribution in [0.5, 0.6) is 0 Å². The fraction of sp³-hybridized carbons (Fsp3) is 0.400. The van der Waals surface area contributed by atoms with E-state index in [-0.39, 0.29) is 0 Å². The Kier molecular flexibility index (Phi) is 3.41. The Morgan fingerprint density at radius 1 is 1.22 bits per heavy atom. The number of aromatic amines is 1. The van der Waals surface area contributed by atoms with Gasteiger partial charge in [-0.25, -0.2) is 0 Å². The molecule has 0 fully saturated rings. The fourth-order valence-electron chi connectivity index (χ4n) is 2.17. The molecule has 3 nitrogen and oxygen atoms in total. The summed E-state index contributed by atoms with van der Waals surface area (Å²) in [5, 5.41) is 7.21. The number of aromatic nitrogens is 2. The monoisotopic (exact) mass is 243 g/mol. The molecule has 0 atom stereocenters. The lowest BCUT2D eigenvalue weighted by Gasteiger charge is -2.08. The van der Waals surface area contributed by atoms with Gasteiger partial charge in [-0.05, 0) is 42.9 Å². The molecule has 3 heteroatoms. The largest absolute Gasteiger partial charge is 0.382 e. The van der Waals surface area contributed by atoms with Crippen molar-refractivity contribution in [2.75, 3.05) is 5.73 Å². The molecule has 0 unspecified atom stereocenters. The molecule has 0 saturated heterocycles. The van der Waals surface area contributed by atoms with Crippen LogP contribution in [0.3, 0.4) is 0 Å². The Labute approximate surface area is 108 Å². The first-order valence-corrected chi connectivity index (χ1v) is 6.39.